The Labute approximate surface area is 177 Å². The molecule has 0 spiro atoms. The molecule has 0 fully saturated rings. The zero-order valence-electron chi connectivity index (χ0n) is 15.9. The van der Waals surface area contributed by atoms with Gasteiger partial charge in [-0.2, -0.15) is 0 Å². The molecule has 2 aromatic carbocycles. The molecule has 0 aliphatic heterocycles. The molecule has 0 aliphatic carbocycles. The third-order valence-corrected chi connectivity index (χ3v) is 7.01. The minimum absolute atomic E-state index is 0.0427. The number of nitrogens with zero attached hydrogens (tertiary/aromatic N) is 2. The second-order valence-corrected chi connectivity index (χ2v) is 9.71. The standard InChI is InChI=1S/C18H19ClN4O4S2/c1-23(2)29(25,26)12-5-6-13(19)15(9-12)20-17(24)10-28-18-21-14-7-4-11(27-3)8-16(14)22-18/h4-9H,10H2,1-3H3,(H,20,24)(H,21,22). The molecule has 0 aliphatic rings. The highest BCUT2D eigenvalue weighted by atomic mass is 35.5. The number of thioether (sulfide) groups is 1. The van der Waals surface area contributed by atoms with Crippen LogP contribution in [-0.4, -0.2) is 55.6 Å². The zero-order valence-corrected chi connectivity index (χ0v) is 18.3. The third kappa shape index (κ3) is 4.84. The van der Waals surface area contributed by atoms with Crippen LogP contribution in [0.2, 0.25) is 5.02 Å². The van der Waals surface area contributed by atoms with Crippen LogP contribution >= 0.6 is 23.4 Å². The molecule has 29 heavy (non-hydrogen) atoms. The summed E-state index contributed by atoms with van der Waals surface area (Å²) in [5.41, 5.74) is 1.80. The van der Waals surface area contributed by atoms with Crippen LogP contribution in [0.1, 0.15) is 0 Å². The molecular formula is C18H19ClN4O4S2. The number of nitrogens with one attached hydrogen (secondary N) is 2. The maximum Gasteiger partial charge on any atom is 0.242 e. The zero-order chi connectivity index (χ0) is 21.2. The van der Waals surface area contributed by atoms with Gasteiger partial charge < -0.3 is 15.0 Å². The number of H-pyrrole nitrogens is 1. The van der Waals surface area contributed by atoms with E-state index in [4.69, 9.17) is 16.3 Å². The van der Waals surface area contributed by atoms with E-state index in [9.17, 15) is 13.2 Å². The topological polar surface area (TPSA) is 104 Å². The first-order valence-corrected chi connectivity index (χ1v) is 11.2. The third-order valence-electron chi connectivity index (χ3n) is 4.00. The minimum Gasteiger partial charge on any atom is -0.497 e. The van der Waals surface area contributed by atoms with Gasteiger partial charge in [0.2, 0.25) is 15.9 Å². The first kappa shape index (κ1) is 21.4. The smallest absolute Gasteiger partial charge is 0.242 e. The number of rotatable bonds is 7. The second kappa shape index (κ2) is 8.62. The van der Waals surface area contributed by atoms with E-state index in [1.807, 2.05) is 12.1 Å². The first-order chi connectivity index (χ1) is 13.7. The van der Waals surface area contributed by atoms with Crippen molar-refractivity contribution in [3.8, 4) is 5.75 Å². The lowest BCUT2D eigenvalue weighted by Gasteiger charge is -2.13. The normalized spacial score (nSPS) is 11.8. The molecular weight excluding hydrogens is 436 g/mol. The molecule has 1 amide bonds. The lowest BCUT2D eigenvalue weighted by Crippen LogP contribution is -2.22. The van der Waals surface area contributed by atoms with Gasteiger partial charge in [-0.15, -0.1) is 0 Å². The van der Waals surface area contributed by atoms with Crippen molar-refractivity contribution in [3.63, 3.8) is 0 Å². The van der Waals surface area contributed by atoms with Crippen LogP contribution in [0.3, 0.4) is 0 Å². The number of hydrogen-bond acceptors (Lipinski definition) is 6. The van der Waals surface area contributed by atoms with Crippen LogP contribution in [0, 0.1) is 0 Å². The van der Waals surface area contributed by atoms with E-state index in [0.717, 1.165) is 15.3 Å². The van der Waals surface area contributed by atoms with E-state index in [1.54, 1.807) is 13.2 Å². The van der Waals surface area contributed by atoms with Gasteiger partial charge in [-0.25, -0.2) is 17.7 Å². The van der Waals surface area contributed by atoms with Gasteiger partial charge in [0, 0.05) is 20.2 Å². The van der Waals surface area contributed by atoms with Crippen molar-refractivity contribution in [1.29, 1.82) is 0 Å². The molecule has 1 aromatic heterocycles. The van der Waals surface area contributed by atoms with Gasteiger partial charge in [-0.1, -0.05) is 23.4 Å². The molecule has 0 radical (unpaired) electrons. The Bertz CT molecular complexity index is 1160. The fourth-order valence-corrected chi connectivity index (χ4v) is 4.23. The van der Waals surface area contributed by atoms with E-state index >= 15 is 0 Å². The number of hydrogen-bond donors (Lipinski definition) is 2. The minimum atomic E-state index is -3.63. The van der Waals surface area contributed by atoms with Crippen molar-refractivity contribution < 1.29 is 17.9 Å². The summed E-state index contributed by atoms with van der Waals surface area (Å²) in [7, 11) is 0.814. The fraction of sp³-hybridized carbons (Fsp3) is 0.222. The van der Waals surface area contributed by atoms with Crippen molar-refractivity contribution in [2.45, 2.75) is 10.1 Å². The molecule has 8 nitrogen and oxygen atoms in total. The summed E-state index contributed by atoms with van der Waals surface area (Å²) in [5.74, 6) is 0.435. The first-order valence-electron chi connectivity index (χ1n) is 8.39. The van der Waals surface area contributed by atoms with Crippen molar-refractivity contribution in [2.24, 2.45) is 0 Å². The van der Waals surface area contributed by atoms with Gasteiger partial charge in [0.05, 0.1) is 39.5 Å². The Morgan fingerprint density at radius 2 is 2.03 bits per heavy atom. The SMILES string of the molecule is COc1ccc2nc(SCC(=O)Nc3cc(S(=O)(=O)N(C)C)ccc3Cl)[nH]c2c1. The number of sulfonamides is 1. The predicted octanol–water partition coefficient (Wildman–Crippen LogP) is 3.21. The van der Waals surface area contributed by atoms with Crippen molar-refractivity contribution >= 4 is 56.0 Å². The molecule has 154 valence electrons. The molecule has 0 atom stereocenters. The number of aromatic amines is 1. The van der Waals surface area contributed by atoms with E-state index in [-0.39, 0.29) is 27.3 Å². The van der Waals surface area contributed by atoms with Crippen LogP contribution in [0.15, 0.2) is 46.5 Å². The highest BCUT2D eigenvalue weighted by Crippen LogP contribution is 2.27. The molecule has 0 saturated carbocycles. The largest absolute Gasteiger partial charge is 0.497 e. The van der Waals surface area contributed by atoms with Gasteiger partial charge in [-0.3, -0.25) is 4.79 Å². The molecule has 3 rings (SSSR count). The Hall–Kier alpha value is -2.27. The number of carbonyl (C=O) groups is 1. The predicted molar refractivity (Wildman–Crippen MR) is 114 cm³/mol. The monoisotopic (exact) mass is 454 g/mol. The number of carbonyl (C=O) groups excluding carboxylic acids is 1. The van der Waals surface area contributed by atoms with E-state index in [2.05, 4.69) is 15.3 Å². The summed E-state index contributed by atoms with van der Waals surface area (Å²) in [6, 6.07) is 9.63. The summed E-state index contributed by atoms with van der Waals surface area (Å²) in [5, 5.41) is 3.48. The van der Waals surface area contributed by atoms with E-state index < -0.39 is 10.0 Å². The van der Waals surface area contributed by atoms with Crippen LogP contribution < -0.4 is 10.1 Å². The Morgan fingerprint density at radius 3 is 2.72 bits per heavy atom. The van der Waals surface area contributed by atoms with Gasteiger partial charge in [0.15, 0.2) is 5.16 Å². The van der Waals surface area contributed by atoms with Crippen LogP contribution in [0.4, 0.5) is 5.69 Å². The summed E-state index contributed by atoms with van der Waals surface area (Å²) in [6.45, 7) is 0. The van der Waals surface area contributed by atoms with Gasteiger partial charge in [0.1, 0.15) is 5.75 Å². The second-order valence-electron chi connectivity index (χ2n) is 6.19. The highest BCUT2D eigenvalue weighted by molar-refractivity contribution is 7.99. The number of aromatic nitrogens is 2. The number of amides is 1. The van der Waals surface area contributed by atoms with Gasteiger partial charge in [-0.05, 0) is 30.3 Å². The Balaban J connectivity index is 1.69. The molecule has 11 heteroatoms. The van der Waals surface area contributed by atoms with Crippen LogP contribution in [0.25, 0.3) is 11.0 Å². The van der Waals surface area contributed by atoms with Crippen LogP contribution in [0.5, 0.6) is 5.75 Å². The number of ether oxygens (including phenoxy) is 1. The lowest BCUT2D eigenvalue weighted by atomic mass is 10.3. The summed E-state index contributed by atoms with van der Waals surface area (Å²) in [4.78, 5) is 19.9. The van der Waals surface area contributed by atoms with Crippen molar-refractivity contribution in [2.75, 3.05) is 32.3 Å². The molecule has 0 unspecified atom stereocenters. The summed E-state index contributed by atoms with van der Waals surface area (Å²) in [6.07, 6.45) is 0. The Kier molecular flexibility index (Phi) is 6.37. The number of methoxy groups -OCH3 is 1. The van der Waals surface area contributed by atoms with Crippen LogP contribution in [-0.2, 0) is 14.8 Å². The molecule has 0 saturated heterocycles. The molecule has 1 heterocycles. The van der Waals surface area contributed by atoms with Crippen molar-refractivity contribution in [1.82, 2.24) is 14.3 Å². The highest BCUT2D eigenvalue weighted by Gasteiger charge is 2.19. The number of benzene rings is 2. The fourth-order valence-electron chi connectivity index (χ4n) is 2.45. The average molecular weight is 455 g/mol. The van der Waals surface area contributed by atoms with E-state index in [0.29, 0.717) is 10.9 Å². The summed E-state index contributed by atoms with van der Waals surface area (Å²) < 4.78 is 30.8. The number of imidazole rings is 1. The molecule has 2 N–H and O–H groups in total. The number of halogens is 1. The maximum absolute atomic E-state index is 12.3. The lowest BCUT2D eigenvalue weighted by molar-refractivity contribution is -0.113. The van der Waals surface area contributed by atoms with Gasteiger partial charge in [0.25, 0.3) is 0 Å². The quantitative estimate of drug-likeness (QED) is 0.531. The summed E-state index contributed by atoms with van der Waals surface area (Å²) >= 11 is 7.33. The van der Waals surface area contributed by atoms with Crippen molar-refractivity contribution in [3.05, 3.63) is 41.4 Å². The average Bonchev–Trinajstić information content (AvgIpc) is 3.09. The number of fused-ring (bicyclic) bond motifs is 1. The van der Waals surface area contributed by atoms with Gasteiger partial charge >= 0.3 is 0 Å². The van der Waals surface area contributed by atoms with E-state index in [1.165, 1.54) is 44.1 Å². The maximum atomic E-state index is 12.3. The molecule has 3 aromatic rings. The Morgan fingerprint density at radius 1 is 1.28 bits per heavy atom. The molecule has 0 bridgehead atoms. The number of anilines is 1.